The van der Waals surface area contributed by atoms with Crippen molar-refractivity contribution in [1.29, 1.82) is 0 Å². The molecule has 0 saturated heterocycles. The van der Waals surface area contributed by atoms with Crippen molar-refractivity contribution in [3.8, 4) is 0 Å². The second-order valence-corrected chi connectivity index (χ2v) is 3.28. The van der Waals surface area contributed by atoms with Gasteiger partial charge in [-0.3, -0.25) is 0 Å². The summed E-state index contributed by atoms with van der Waals surface area (Å²) < 4.78 is 9.51. The van der Waals surface area contributed by atoms with Gasteiger partial charge in [-0.1, -0.05) is 12.7 Å². The predicted octanol–water partition coefficient (Wildman–Crippen LogP) is -1.37. The van der Waals surface area contributed by atoms with Crippen LogP contribution in [0.25, 0.3) is 0 Å². The summed E-state index contributed by atoms with van der Waals surface area (Å²) in [7, 11) is 1.31. The van der Waals surface area contributed by atoms with Crippen LogP contribution in [-0.4, -0.2) is 66.6 Å². The van der Waals surface area contributed by atoms with Gasteiger partial charge in [-0.05, 0) is 0 Å². The van der Waals surface area contributed by atoms with Gasteiger partial charge in [-0.2, -0.15) is 0 Å². The Labute approximate surface area is 99.7 Å². The lowest BCUT2D eigenvalue weighted by Gasteiger charge is -2.24. The molecule has 7 heteroatoms. The molecular weight excluding hydrogens is 230 g/mol. The maximum absolute atomic E-state index is 11.1. The van der Waals surface area contributed by atoms with E-state index in [9.17, 15) is 15.0 Å². The van der Waals surface area contributed by atoms with Crippen LogP contribution in [0.1, 0.15) is 0 Å². The number of nitrogens with one attached hydrogen (secondary N) is 1. The fourth-order valence-electron chi connectivity index (χ4n) is 1.07. The number of ether oxygens (including phenoxy) is 2. The number of rotatable bonds is 8. The normalized spacial score (nSPS) is 15.8. The highest BCUT2D eigenvalue weighted by molar-refractivity contribution is 5.67. The zero-order valence-corrected chi connectivity index (χ0v) is 9.70. The van der Waals surface area contributed by atoms with Crippen LogP contribution in [0.3, 0.4) is 0 Å². The van der Waals surface area contributed by atoms with E-state index in [4.69, 9.17) is 9.84 Å². The first-order valence-corrected chi connectivity index (χ1v) is 5.08. The molecule has 17 heavy (non-hydrogen) atoms. The average molecular weight is 249 g/mol. The van der Waals surface area contributed by atoms with Crippen molar-refractivity contribution in [2.75, 3.05) is 26.9 Å². The topological polar surface area (TPSA) is 108 Å². The van der Waals surface area contributed by atoms with E-state index in [2.05, 4.69) is 16.6 Å². The average Bonchev–Trinajstić information content (AvgIpc) is 2.35. The number of carbonyl (C=O) groups is 1. The van der Waals surface area contributed by atoms with E-state index in [-0.39, 0.29) is 13.2 Å². The fraction of sp³-hybridized carbons (Fsp3) is 0.700. The second-order valence-electron chi connectivity index (χ2n) is 3.28. The van der Waals surface area contributed by atoms with Crippen LogP contribution in [0.4, 0.5) is 4.79 Å². The highest BCUT2D eigenvalue weighted by Crippen LogP contribution is 2.02. The molecule has 4 N–H and O–H groups in total. The monoisotopic (exact) mass is 249 g/mol. The van der Waals surface area contributed by atoms with Gasteiger partial charge in [0.2, 0.25) is 0 Å². The molecule has 0 aliphatic carbocycles. The summed E-state index contributed by atoms with van der Waals surface area (Å²) in [5.74, 6) is 0. The van der Waals surface area contributed by atoms with Gasteiger partial charge in [-0.15, -0.1) is 0 Å². The Balaban J connectivity index is 4.04. The molecule has 0 aromatic rings. The molecule has 0 aliphatic rings. The summed E-state index contributed by atoms with van der Waals surface area (Å²) in [6, 6.07) is 0. The highest BCUT2D eigenvalue weighted by atomic mass is 16.5. The Morgan fingerprint density at radius 3 is 2.65 bits per heavy atom. The van der Waals surface area contributed by atoms with Gasteiger partial charge >= 0.3 is 6.09 Å². The van der Waals surface area contributed by atoms with Crippen LogP contribution in [0, 0.1) is 0 Å². The number of alkyl carbamates (subject to hydrolysis) is 1. The number of methoxy groups -OCH3 is 1. The van der Waals surface area contributed by atoms with E-state index in [1.165, 1.54) is 13.2 Å². The van der Waals surface area contributed by atoms with E-state index in [1.807, 2.05) is 0 Å². The number of carbonyl (C=O) groups excluding carboxylic acids is 1. The molecule has 3 atom stereocenters. The molecule has 1 amide bonds. The Kier molecular flexibility index (Phi) is 8.34. The number of hydrogen-bond donors (Lipinski definition) is 4. The zero-order chi connectivity index (χ0) is 13.3. The minimum absolute atomic E-state index is 0.0509. The van der Waals surface area contributed by atoms with E-state index in [0.29, 0.717) is 0 Å². The van der Waals surface area contributed by atoms with Crippen LogP contribution in [-0.2, 0) is 9.47 Å². The summed E-state index contributed by atoms with van der Waals surface area (Å²) in [4.78, 5) is 11.1. The summed E-state index contributed by atoms with van der Waals surface area (Å²) >= 11 is 0. The number of aliphatic hydroxyl groups excluding tert-OH is 3. The predicted molar refractivity (Wildman–Crippen MR) is 59.4 cm³/mol. The molecule has 0 fully saturated rings. The summed E-state index contributed by atoms with van der Waals surface area (Å²) in [5.41, 5.74) is 0. The van der Waals surface area contributed by atoms with Crippen molar-refractivity contribution < 1.29 is 29.6 Å². The van der Waals surface area contributed by atoms with Crippen LogP contribution < -0.4 is 5.32 Å². The Morgan fingerprint density at radius 1 is 1.53 bits per heavy atom. The summed E-state index contributed by atoms with van der Waals surface area (Å²) in [6.07, 6.45) is -2.74. The van der Waals surface area contributed by atoms with Crippen molar-refractivity contribution in [2.45, 2.75) is 18.3 Å². The SMILES string of the molecule is C=CCOC(=O)NCC(OC)[C@@H](O)[C@H](O)CO. The first kappa shape index (κ1) is 15.9. The molecular formula is C10H19NO6. The molecule has 0 spiro atoms. The third-order valence-electron chi connectivity index (χ3n) is 2.04. The molecule has 0 aromatic heterocycles. The van der Waals surface area contributed by atoms with Crippen LogP contribution in [0.2, 0.25) is 0 Å². The van der Waals surface area contributed by atoms with Gasteiger partial charge in [-0.25, -0.2) is 4.79 Å². The van der Waals surface area contributed by atoms with Crippen LogP contribution in [0.15, 0.2) is 12.7 Å². The molecule has 0 heterocycles. The smallest absolute Gasteiger partial charge is 0.407 e. The minimum atomic E-state index is -1.33. The van der Waals surface area contributed by atoms with E-state index in [0.717, 1.165) is 0 Å². The fourth-order valence-corrected chi connectivity index (χ4v) is 1.07. The number of aliphatic hydroxyl groups is 3. The van der Waals surface area contributed by atoms with Crippen molar-refractivity contribution in [3.63, 3.8) is 0 Å². The van der Waals surface area contributed by atoms with E-state index >= 15 is 0 Å². The summed E-state index contributed by atoms with van der Waals surface area (Å²) in [6.45, 7) is 2.80. The zero-order valence-electron chi connectivity index (χ0n) is 9.70. The standard InChI is InChI=1S/C10H19NO6/c1-3-4-17-10(15)11-5-8(16-2)9(14)7(13)6-12/h3,7-9,12-14H,1,4-6H2,2H3,(H,11,15)/t7-,8?,9+/m1/s1. The van der Waals surface area contributed by atoms with Gasteiger partial charge < -0.3 is 30.1 Å². The first-order valence-electron chi connectivity index (χ1n) is 5.08. The molecule has 100 valence electrons. The molecule has 0 radical (unpaired) electrons. The van der Waals surface area contributed by atoms with Gasteiger partial charge in [0, 0.05) is 13.7 Å². The van der Waals surface area contributed by atoms with Crippen molar-refractivity contribution in [3.05, 3.63) is 12.7 Å². The highest BCUT2D eigenvalue weighted by Gasteiger charge is 2.26. The van der Waals surface area contributed by atoms with Gasteiger partial charge in [0.1, 0.15) is 24.9 Å². The molecule has 0 saturated carbocycles. The van der Waals surface area contributed by atoms with Crippen molar-refractivity contribution in [2.24, 2.45) is 0 Å². The third kappa shape index (κ3) is 6.22. The maximum Gasteiger partial charge on any atom is 0.407 e. The van der Waals surface area contributed by atoms with Crippen LogP contribution >= 0.6 is 0 Å². The van der Waals surface area contributed by atoms with Crippen LogP contribution in [0.5, 0.6) is 0 Å². The molecule has 7 nitrogen and oxygen atoms in total. The Hall–Kier alpha value is -1.15. The summed E-state index contributed by atoms with van der Waals surface area (Å²) in [5, 5.41) is 29.7. The first-order chi connectivity index (χ1) is 8.06. The van der Waals surface area contributed by atoms with Gasteiger partial charge in [0.15, 0.2) is 0 Å². The molecule has 0 rings (SSSR count). The van der Waals surface area contributed by atoms with E-state index in [1.54, 1.807) is 0 Å². The van der Waals surface area contributed by atoms with E-state index < -0.39 is 31.0 Å². The van der Waals surface area contributed by atoms with Crippen molar-refractivity contribution >= 4 is 6.09 Å². The third-order valence-corrected chi connectivity index (χ3v) is 2.04. The number of hydrogen-bond acceptors (Lipinski definition) is 6. The van der Waals surface area contributed by atoms with Gasteiger partial charge in [0.05, 0.1) is 6.61 Å². The number of amides is 1. The lowest BCUT2D eigenvalue weighted by atomic mass is 10.1. The lowest BCUT2D eigenvalue weighted by Crippen LogP contribution is -2.46. The minimum Gasteiger partial charge on any atom is -0.445 e. The Morgan fingerprint density at radius 2 is 2.18 bits per heavy atom. The maximum atomic E-state index is 11.1. The van der Waals surface area contributed by atoms with Crippen molar-refractivity contribution in [1.82, 2.24) is 5.32 Å². The molecule has 0 aliphatic heterocycles. The molecule has 0 bridgehead atoms. The molecule has 1 unspecified atom stereocenters. The Bertz CT molecular complexity index is 235. The quantitative estimate of drug-likeness (QED) is 0.395. The lowest BCUT2D eigenvalue weighted by molar-refractivity contribution is -0.0877. The molecule has 0 aromatic carbocycles. The largest absolute Gasteiger partial charge is 0.445 e. The van der Waals surface area contributed by atoms with Gasteiger partial charge in [0.25, 0.3) is 0 Å². The second kappa shape index (κ2) is 8.94.